The molecule has 28 heavy (non-hydrogen) atoms. The van der Waals surface area contributed by atoms with Crippen molar-refractivity contribution < 1.29 is 9.53 Å². The fourth-order valence-electron chi connectivity index (χ4n) is 2.69. The average molecular weight is 397 g/mol. The normalized spacial score (nSPS) is 10.5. The minimum absolute atomic E-state index is 0.248. The van der Waals surface area contributed by atoms with Crippen LogP contribution >= 0.6 is 11.6 Å². The molecule has 0 aliphatic rings. The van der Waals surface area contributed by atoms with Gasteiger partial charge in [-0.25, -0.2) is 9.97 Å². The van der Waals surface area contributed by atoms with E-state index in [1.165, 1.54) is 7.11 Å². The summed E-state index contributed by atoms with van der Waals surface area (Å²) in [6.07, 6.45) is 0. The lowest BCUT2D eigenvalue weighted by Gasteiger charge is -2.13. The van der Waals surface area contributed by atoms with Crippen LogP contribution in [0, 0.1) is 20.8 Å². The molecular formula is C21H21ClN4O2. The van der Waals surface area contributed by atoms with Gasteiger partial charge in [-0.05, 0) is 50.1 Å². The number of hydrogen-bond acceptors (Lipinski definition) is 5. The number of benzene rings is 2. The summed E-state index contributed by atoms with van der Waals surface area (Å²) in [6, 6.07) is 12.9. The first kappa shape index (κ1) is 19.6. The highest BCUT2D eigenvalue weighted by atomic mass is 35.5. The maximum absolute atomic E-state index is 12.8. The summed E-state index contributed by atoms with van der Waals surface area (Å²) in [5.41, 5.74) is 4.22. The van der Waals surface area contributed by atoms with Gasteiger partial charge in [-0.3, -0.25) is 4.79 Å². The molecule has 1 aromatic heterocycles. The summed E-state index contributed by atoms with van der Waals surface area (Å²) in [5, 5.41) is 6.57. The second kappa shape index (κ2) is 8.27. The Labute approximate surface area is 168 Å². The number of ether oxygens (including phenoxy) is 1. The fourth-order valence-corrected chi connectivity index (χ4v) is 2.84. The summed E-state index contributed by atoms with van der Waals surface area (Å²) in [6.45, 7) is 5.66. The van der Waals surface area contributed by atoms with Crippen molar-refractivity contribution in [3.05, 3.63) is 70.0 Å². The molecule has 0 radical (unpaired) electrons. The zero-order valence-electron chi connectivity index (χ0n) is 16.1. The standard InChI is InChI=1S/C21H21ClN4O2/c1-12-7-5-6-8-16(12)25-21-23-14(3)10-18(26-21)20(27)24-17-9-13(2)15(22)11-19(17)28-4/h5-11H,1-4H3,(H,24,27)(H,23,25,26). The van der Waals surface area contributed by atoms with Crippen molar-refractivity contribution >= 4 is 34.8 Å². The van der Waals surface area contributed by atoms with Gasteiger partial charge in [-0.2, -0.15) is 0 Å². The Hall–Kier alpha value is -3.12. The summed E-state index contributed by atoms with van der Waals surface area (Å²) in [4.78, 5) is 21.5. The number of carbonyl (C=O) groups is 1. The lowest BCUT2D eigenvalue weighted by atomic mass is 10.2. The molecule has 1 heterocycles. The molecule has 144 valence electrons. The van der Waals surface area contributed by atoms with Crippen molar-refractivity contribution in [2.75, 3.05) is 17.7 Å². The van der Waals surface area contributed by atoms with Gasteiger partial charge in [0.2, 0.25) is 5.95 Å². The van der Waals surface area contributed by atoms with Crippen LogP contribution in [-0.4, -0.2) is 23.0 Å². The molecule has 7 heteroatoms. The molecule has 0 fully saturated rings. The zero-order chi connectivity index (χ0) is 20.3. The van der Waals surface area contributed by atoms with Crippen LogP contribution in [0.4, 0.5) is 17.3 Å². The quantitative estimate of drug-likeness (QED) is 0.630. The van der Waals surface area contributed by atoms with Crippen LogP contribution in [0.25, 0.3) is 0 Å². The Morgan fingerprint density at radius 2 is 1.75 bits per heavy atom. The van der Waals surface area contributed by atoms with E-state index >= 15 is 0 Å². The molecule has 0 aliphatic heterocycles. The van der Waals surface area contributed by atoms with Crippen LogP contribution < -0.4 is 15.4 Å². The zero-order valence-corrected chi connectivity index (χ0v) is 16.9. The van der Waals surface area contributed by atoms with Gasteiger partial charge in [0.05, 0.1) is 12.8 Å². The monoisotopic (exact) mass is 396 g/mol. The Morgan fingerprint density at radius 1 is 1.00 bits per heavy atom. The topological polar surface area (TPSA) is 76.1 Å². The lowest BCUT2D eigenvalue weighted by Crippen LogP contribution is -2.16. The molecule has 0 bridgehead atoms. The summed E-state index contributed by atoms with van der Waals surface area (Å²) >= 11 is 6.13. The van der Waals surface area contributed by atoms with Crippen molar-refractivity contribution in [1.82, 2.24) is 9.97 Å². The molecule has 3 rings (SSSR count). The van der Waals surface area contributed by atoms with Crippen LogP contribution in [-0.2, 0) is 0 Å². The number of halogens is 1. The number of anilines is 3. The third kappa shape index (κ3) is 4.40. The minimum atomic E-state index is -0.363. The van der Waals surface area contributed by atoms with E-state index in [0.717, 1.165) is 16.8 Å². The number of nitrogens with zero attached hydrogens (tertiary/aromatic N) is 2. The number of aryl methyl sites for hydroxylation is 3. The summed E-state index contributed by atoms with van der Waals surface area (Å²) in [7, 11) is 1.52. The highest BCUT2D eigenvalue weighted by molar-refractivity contribution is 6.31. The fraction of sp³-hybridized carbons (Fsp3) is 0.190. The lowest BCUT2D eigenvalue weighted by molar-refractivity contribution is 0.102. The average Bonchev–Trinajstić information content (AvgIpc) is 2.66. The van der Waals surface area contributed by atoms with Crippen LogP contribution in [0.2, 0.25) is 5.02 Å². The number of methoxy groups -OCH3 is 1. The van der Waals surface area contributed by atoms with Gasteiger partial charge >= 0.3 is 0 Å². The smallest absolute Gasteiger partial charge is 0.274 e. The maximum Gasteiger partial charge on any atom is 0.274 e. The summed E-state index contributed by atoms with van der Waals surface area (Å²) in [5.74, 6) is 0.477. The van der Waals surface area contributed by atoms with Crippen molar-refractivity contribution in [1.29, 1.82) is 0 Å². The van der Waals surface area contributed by atoms with E-state index in [0.29, 0.717) is 28.1 Å². The second-order valence-corrected chi connectivity index (χ2v) is 6.82. The summed E-state index contributed by atoms with van der Waals surface area (Å²) < 4.78 is 5.31. The van der Waals surface area contributed by atoms with E-state index in [2.05, 4.69) is 20.6 Å². The molecular weight excluding hydrogens is 376 g/mol. The molecule has 0 saturated heterocycles. The molecule has 0 spiro atoms. The molecule has 6 nitrogen and oxygen atoms in total. The van der Waals surface area contributed by atoms with Crippen LogP contribution in [0.15, 0.2) is 42.5 Å². The largest absolute Gasteiger partial charge is 0.495 e. The molecule has 1 amide bonds. The van der Waals surface area contributed by atoms with E-state index < -0.39 is 0 Å². The number of hydrogen-bond donors (Lipinski definition) is 2. The molecule has 2 N–H and O–H groups in total. The first-order valence-corrected chi connectivity index (χ1v) is 9.09. The van der Waals surface area contributed by atoms with Gasteiger partial charge in [0, 0.05) is 22.5 Å². The predicted octanol–water partition coefficient (Wildman–Crippen LogP) is 5.06. The first-order valence-electron chi connectivity index (χ1n) is 8.71. The Kier molecular flexibility index (Phi) is 5.80. The highest BCUT2D eigenvalue weighted by Gasteiger charge is 2.15. The second-order valence-electron chi connectivity index (χ2n) is 6.41. The van der Waals surface area contributed by atoms with E-state index in [1.807, 2.05) is 45.0 Å². The van der Waals surface area contributed by atoms with E-state index in [9.17, 15) is 4.79 Å². The Balaban J connectivity index is 1.88. The Morgan fingerprint density at radius 3 is 2.46 bits per heavy atom. The first-order chi connectivity index (χ1) is 13.4. The van der Waals surface area contributed by atoms with Crippen LogP contribution in [0.1, 0.15) is 27.3 Å². The third-order valence-corrected chi connectivity index (χ3v) is 4.61. The van der Waals surface area contributed by atoms with Crippen molar-refractivity contribution in [2.24, 2.45) is 0 Å². The molecule has 0 unspecified atom stereocenters. The van der Waals surface area contributed by atoms with Crippen molar-refractivity contribution in [3.63, 3.8) is 0 Å². The number of para-hydroxylation sites is 1. The number of rotatable bonds is 5. The van der Waals surface area contributed by atoms with Gasteiger partial charge in [-0.15, -0.1) is 0 Å². The maximum atomic E-state index is 12.8. The van der Waals surface area contributed by atoms with Crippen molar-refractivity contribution in [3.8, 4) is 5.75 Å². The third-order valence-electron chi connectivity index (χ3n) is 4.21. The SMILES string of the molecule is COc1cc(Cl)c(C)cc1NC(=O)c1cc(C)nc(Nc2ccccc2C)n1. The molecule has 0 saturated carbocycles. The highest BCUT2D eigenvalue weighted by Crippen LogP contribution is 2.31. The van der Waals surface area contributed by atoms with E-state index in [-0.39, 0.29) is 11.6 Å². The predicted molar refractivity (Wildman–Crippen MR) is 112 cm³/mol. The molecule has 0 aliphatic carbocycles. The minimum Gasteiger partial charge on any atom is -0.495 e. The van der Waals surface area contributed by atoms with Crippen LogP contribution in [0.5, 0.6) is 5.75 Å². The van der Waals surface area contributed by atoms with Gasteiger partial charge in [0.1, 0.15) is 11.4 Å². The molecule has 0 atom stereocenters. The van der Waals surface area contributed by atoms with Gasteiger partial charge < -0.3 is 15.4 Å². The van der Waals surface area contributed by atoms with E-state index in [4.69, 9.17) is 16.3 Å². The number of aromatic nitrogens is 2. The van der Waals surface area contributed by atoms with Gasteiger partial charge in [-0.1, -0.05) is 29.8 Å². The van der Waals surface area contributed by atoms with Gasteiger partial charge in [0.15, 0.2) is 0 Å². The molecule has 2 aromatic carbocycles. The van der Waals surface area contributed by atoms with Crippen LogP contribution in [0.3, 0.4) is 0 Å². The molecule has 3 aromatic rings. The van der Waals surface area contributed by atoms with E-state index in [1.54, 1.807) is 18.2 Å². The van der Waals surface area contributed by atoms with Crippen molar-refractivity contribution in [2.45, 2.75) is 20.8 Å². The number of amides is 1. The number of nitrogens with one attached hydrogen (secondary N) is 2. The van der Waals surface area contributed by atoms with Gasteiger partial charge in [0.25, 0.3) is 5.91 Å². The number of carbonyl (C=O) groups excluding carboxylic acids is 1. The Bertz CT molecular complexity index is 1040.